The highest BCUT2D eigenvalue weighted by Crippen LogP contribution is 2.28. The highest BCUT2D eigenvalue weighted by Gasteiger charge is 2.17. The number of hydrogen-bond acceptors (Lipinski definition) is 1. The van der Waals surface area contributed by atoms with Crippen molar-refractivity contribution < 1.29 is 0 Å². The van der Waals surface area contributed by atoms with E-state index in [-0.39, 0.29) is 24.0 Å². The molecule has 1 fully saturated rings. The Bertz CT molecular complexity index is 233. The summed E-state index contributed by atoms with van der Waals surface area (Å²) in [7, 11) is 0. The maximum absolute atomic E-state index is 4.70. The molecule has 108 valence electrons. The molecule has 0 radical (unpaired) electrons. The van der Waals surface area contributed by atoms with Crippen LogP contribution in [0.25, 0.3) is 0 Å². The Morgan fingerprint density at radius 2 is 1.83 bits per heavy atom. The summed E-state index contributed by atoms with van der Waals surface area (Å²) < 4.78 is 0. The third-order valence-electron chi connectivity index (χ3n) is 3.41. The number of rotatable bonds is 4. The summed E-state index contributed by atoms with van der Waals surface area (Å²) in [6, 6.07) is 0.444. The van der Waals surface area contributed by atoms with Crippen LogP contribution in [0.1, 0.15) is 53.4 Å². The van der Waals surface area contributed by atoms with Crippen molar-refractivity contribution in [2.75, 3.05) is 13.1 Å². The van der Waals surface area contributed by atoms with Crippen molar-refractivity contribution in [1.29, 1.82) is 0 Å². The monoisotopic (exact) mass is 367 g/mol. The maximum Gasteiger partial charge on any atom is 0.191 e. The lowest BCUT2D eigenvalue weighted by Crippen LogP contribution is -2.41. The molecule has 0 unspecified atom stereocenters. The second-order valence-electron chi connectivity index (χ2n) is 5.64. The Hall–Kier alpha value is 0. The summed E-state index contributed by atoms with van der Waals surface area (Å²) in [5.74, 6) is 2.70. The SMILES string of the molecule is CCNC(=NCC1CCC(C)CC1)NC(C)C.I. The van der Waals surface area contributed by atoms with E-state index in [0.29, 0.717) is 6.04 Å². The van der Waals surface area contributed by atoms with Crippen LogP contribution in [0.15, 0.2) is 4.99 Å². The number of aliphatic imine (C=N–C) groups is 1. The van der Waals surface area contributed by atoms with E-state index < -0.39 is 0 Å². The molecule has 1 saturated carbocycles. The smallest absolute Gasteiger partial charge is 0.191 e. The Morgan fingerprint density at radius 3 is 2.33 bits per heavy atom. The third kappa shape index (κ3) is 7.44. The van der Waals surface area contributed by atoms with Gasteiger partial charge in [0.25, 0.3) is 0 Å². The molecule has 1 aliphatic carbocycles. The fraction of sp³-hybridized carbons (Fsp3) is 0.929. The fourth-order valence-corrected chi connectivity index (χ4v) is 2.33. The van der Waals surface area contributed by atoms with Crippen LogP contribution in [0.5, 0.6) is 0 Å². The van der Waals surface area contributed by atoms with Crippen LogP contribution in [-0.4, -0.2) is 25.1 Å². The van der Waals surface area contributed by atoms with Gasteiger partial charge in [0.2, 0.25) is 0 Å². The van der Waals surface area contributed by atoms with Crippen LogP contribution in [-0.2, 0) is 0 Å². The zero-order chi connectivity index (χ0) is 12.7. The molecule has 0 aromatic heterocycles. The number of hydrogen-bond donors (Lipinski definition) is 2. The maximum atomic E-state index is 4.70. The van der Waals surface area contributed by atoms with Gasteiger partial charge in [-0.25, -0.2) is 0 Å². The molecule has 1 aliphatic rings. The molecule has 0 aromatic carbocycles. The van der Waals surface area contributed by atoms with Crippen molar-refractivity contribution in [3.8, 4) is 0 Å². The summed E-state index contributed by atoms with van der Waals surface area (Å²) >= 11 is 0. The van der Waals surface area contributed by atoms with Gasteiger partial charge in [0.1, 0.15) is 0 Å². The first kappa shape index (κ1) is 18.0. The third-order valence-corrected chi connectivity index (χ3v) is 3.41. The van der Waals surface area contributed by atoms with Crippen LogP contribution in [0.4, 0.5) is 0 Å². The van der Waals surface area contributed by atoms with Crippen LogP contribution in [0.2, 0.25) is 0 Å². The number of nitrogens with zero attached hydrogens (tertiary/aromatic N) is 1. The van der Waals surface area contributed by atoms with Gasteiger partial charge in [-0.15, -0.1) is 24.0 Å². The fourth-order valence-electron chi connectivity index (χ4n) is 2.33. The minimum Gasteiger partial charge on any atom is -0.357 e. The minimum atomic E-state index is 0. The summed E-state index contributed by atoms with van der Waals surface area (Å²) in [5.41, 5.74) is 0. The highest BCUT2D eigenvalue weighted by molar-refractivity contribution is 14.0. The molecule has 4 heteroatoms. The Kier molecular flexibility index (Phi) is 9.87. The van der Waals surface area contributed by atoms with Gasteiger partial charge in [-0.05, 0) is 45.4 Å². The molecule has 0 spiro atoms. The standard InChI is InChI=1S/C14H29N3.HI/c1-5-15-14(17-11(2)3)16-10-13-8-6-12(4)7-9-13;/h11-13H,5-10H2,1-4H3,(H2,15,16,17);1H. The van der Waals surface area contributed by atoms with Crippen molar-refractivity contribution >= 4 is 29.9 Å². The quantitative estimate of drug-likeness (QED) is 0.454. The molecule has 0 bridgehead atoms. The van der Waals surface area contributed by atoms with Crippen molar-refractivity contribution in [3.63, 3.8) is 0 Å². The number of halogens is 1. The first-order valence-corrected chi connectivity index (χ1v) is 7.16. The van der Waals surface area contributed by atoms with E-state index in [4.69, 9.17) is 4.99 Å². The van der Waals surface area contributed by atoms with E-state index in [0.717, 1.165) is 30.9 Å². The lowest BCUT2D eigenvalue weighted by Gasteiger charge is -2.25. The predicted molar refractivity (Wildman–Crippen MR) is 90.8 cm³/mol. The highest BCUT2D eigenvalue weighted by atomic mass is 127. The Labute approximate surface area is 130 Å². The first-order chi connectivity index (χ1) is 8.11. The number of guanidine groups is 1. The van der Waals surface area contributed by atoms with Gasteiger partial charge in [0, 0.05) is 19.1 Å². The van der Waals surface area contributed by atoms with Crippen LogP contribution < -0.4 is 10.6 Å². The topological polar surface area (TPSA) is 36.4 Å². The molecule has 0 amide bonds. The van der Waals surface area contributed by atoms with Gasteiger partial charge in [-0.1, -0.05) is 19.8 Å². The van der Waals surface area contributed by atoms with E-state index in [1.807, 2.05) is 0 Å². The van der Waals surface area contributed by atoms with Crippen LogP contribution >= 0.6 is 24.0 Å². The Balaban J connectivity index is 0.00000289. The van der Waals surface area contributed by atoms with Gasteiger partial charge in [-0.2, -0.15) is 0 Å². The molecule has 0 saturated heterocycles. The average molecular weight is 367 g/mol. The molecule has 1 rings (SSSR count). The largest absolute Gasteiger partial charge is 0.357 e. The molecule has 18 heavy (non-hydrogen) atoms. The minimum absolute atomic E-state index is 0. The molecule has 0 aliphatic heterocycles. The van der Waals surface area contributed by atoms with Crippen LogP contribution in [0, 0.1) is 11.8 Å². The molecule has 0 heterocycles. The van der Waals surface area contributed by atoms with Gasteiger partial charge in [0.15, 0.2) is 5.96 Å². The summed E-state index contributed by atoms with van der Waals surface area (Å²) in [6.07, 6.45) is 5.47. The summed E-state index contributed by atoms with van der Waals surface area (Å²) in [4.78, 5) is 4.70. The molecular formula is C14H30IN3. The van der Waals surface area contributed by atoms with Crippen molar-refractivity contribution in [2.24, 2.45) is 16.8 Å². The van der Waals surface area contributed by atoms with E-state index in [2.05, 4.69) is 38.3 Å². The Morgan fingerprint density at radius 1 is 1.22 bits per heavy atom. The van der Waals surface area contributed by atoms with Crippen LogP contribution in [0.3, 0.4) is 0 Å². The summed E-state index contributed by atoms with van der Waals surface area (Å²) in [5, 5.41) is 6.67. The van der Waals surface area contributed by atoms with E-state index in [9.17, 15) is 0 Å². The van der Waals surface area contributed by atoms with Gasteiger partial charge in [-0.3, -0.25) is 4.99 Å². The van der Waals surface area contributed by atoms with E-state index in [1.54, 1.807) is 0 Å². The lowest BCUT2D eigenvalue weighted by atomic mass is 9.83. The van der Waals surface area contributed by atoms with Crippen molar-refractivity contribution in [3.05, 3.63) is 0 Å². The van der Waals surface area contributed by atoms with Crippen molar-refractivity contribution in [1.82, 2.24) is 10.6 Å². The average Bonchev–Trinajstić information content (AvgIpc) is 2.27. The lowest BCUT2D eigenvalue weighted by molar-refractivity contribution is 0.296. The molecule has 2 N–H and O–H groups in total. The van der Waals surface area contributed by atoms with E-state index >= 15 is 0 Å². The van der Waals surface area contributed by atoms with Gasteiger partial charge in [0.05, 0.1) is 0 Å². The predicted octanol–water partition coefficient (Wildman–Crippen LogP) is 3.39. The molecule has 0 atom stereocenters. The normalized spacial score (nSPS) is 24.6. The van der Waals surface area contributed by atoms with E-state index in [1.165, 1.54) is 25.7 Å². The van der Waals surface area contributed by atoms with Crippen molar-refractivity contribution in [2.45, 2.75) is 59.4 Å². The van der Waals surface area contributed by atoms with Gasteiger partial charge < -0.3 is 10.6 Å². The summed E-state index contributed by atoms with van der Waals surface area (Å²) in [6.45, 7) is 10.7. The zero-order valence-electron chi connectivity index (χ0n) is 12.3. The molecule has 0 aromatic rings. The zero-order valence-corrected chi connectivity index (χ0v) is 14.7. The molecule has 3 nitrogen and oxygen atoms in total. The number of nitrogens with one attached hydrogen (secondary N) is 2. The second-order valence-corrected chi connectivity index (χ2v) is 5.64. The second kappa shape index (κ2) is 9.87. The first-order valence-electron chi connectivity index (χ1n) is 7.16. The van der Waals surface area contributed by atoms with Gasteiger partial charge >= 0.3 is 0 Å². The molecular weight excluding hydrogens is 337 g/mol.